The van der Waals surface area contributed by atoms with Gasteiger partial charge in [-0.15, -0.1) is 0 Å². The highest BCUT2D eigenvalue weighted by Gasteiger charge is 2.15. The smallest absolute Gasteiger partial charge is 0.321 e. The zero-order chi connectivity index (χ0) is 15.7. The van der Waals surface area contributed by atoms with Crippen LogP contribution in [0.25, 0.3) is 0 Å². The molecule has 0 saturated carbocycles. The summed E-state index contributed by atoms with van der Waals surface area (Å²) in [7, 11) is 0. The van der Waals surface area contributed by atoms with E-state index in [0.29, 0.717) is 17.3 Å². The van der Waals surface area contributed by atoms with E-state index in [9.17, 15) is 9.59 Å². The van der Waals surface area contributed by atoms with Crippen molar-refractivity contribution in [1.82, 2.24) is 4.90 Å². The Labute approximate surface area is 128 Å². The third kappa shape index (κ3) is 6.46. The molecule has 0 atom stereocenters. The number of esters is 1. The summed E-state index contributed by atoms with van der Waals surface area (Å²) in [6.45, 7) is 2.15. The summed E-state index contributed by atoms with van der Waals surface area (Å²) in [6.07, 6.45) is 0.0852. The van der Waals surface area contributed by atoms with Crippen LogP contribution in [-0.2, 0) is 9.53 Å². The molecular weight excluding hydrogens is 296 g/mol. The second-order valence-electron chi connectivity index (χ2n) is 4.20. The van der Waals surface area contributed by atoms with Gasteiger partial charge in [-0.1, -0.05) is 11.6 Å². The van der Waals surface area contributed by atoms with Crippen LogP contribution in [0.15, 0.2) is 24.3 Å². The van der Waals surface area contributed by atoms with Crippen LogP contribution >= 0.6 is 11.6 Å². The average molecular weight is 315 g/mol. The maximum atomic E-state index is 12.1. The van der Waals surface area contributed by atoms with E-state index >= 15 is 0 Å². The summed E-state index contributed by atoms with van der Waals surface area (Å²) in [5.74, 6) is -0.375. The molecule has 1 rings (SSSR count). The van der Waals surface area contributed by atoms with Gasteiger partial charge in [0.15, 0.2) is 0 Å². The van der Waals surface area contributed by atoms with Crippen LogP contribution in [0.3, 0.4) is 0 Å². The monoisotopic (exact) mass is 314 g/mol. The van der Waals surface area contributed by atoms with Gasteiger partial charge in [-0.2, -0.15) is 0 Å². The topological polar surface area (TPSA) is 78.9 Å². The number of aliphatic hydroxyl groups is 1. The van der Waals surface area contributed by atoms with Gasteiger partial charge in [0.1, 0.15) is 0 Å². The van der Waals surface area contributed by atoms with Crippen molar-refractivity contribution < 1.29 is 19.4 Å². The Hall–Kier alpha value is -1.79. The van der Waals surface area contributed by atoms with Gasteiger partial charge in [0.2, 0.25) is 0 Å². The Kier molecular flexibility index (Phi) is 7.56. The van der Waals surface area contributed by atoms with E-state index in [2.05, 4.69) is 5.32 Å². The Bertz CT molecular complexity index is 465. The fourth-order valence-electron chi connectivity index (χ4n) is 1.63. The zero-order valence-electron chi connectivity index (χ0n) is 11.8. The van der Waals surface area contributed by atoms with Crippen LogP contribution in [-0.4, -0.2) is 48.3 Å². The Morgan fingerprint density at radius 1 is 1.29 bits per heavy atom. The van der Waals surface area contributed by atoms with Crippen LogP contribution in [0, 0.1) is 0 Å². The molecular formula is C14H19ClN2O4. The van der Waals surface area contributed by atoms with Crippen molar-refractivity contribution in [2.45, 2.75) is 13.3 Å². The summed E-state index contributed by atoms with van der Waals surface area (Å²) < 4.78 is 4.81. The number of carbonyl (C=O) groups excluding carboxylic acids is 2. The lowest BCUT2D eigenvalue weighted by Crippen LogP contribution is -2.38. The van der Waals surface area contributed by atoms with Crippen LogP contribution < -0.4 is 5.32 Å². The largest absolute Gasteiger partial charge is 0.466 e. The van der Waals surface area contributed by atoms with E-state index in [1.165, 1.54) is 4.90 Å². The number of nitrogens with zero attached hydrogens (tertiary/aromatic N) is 1. The van der Waals surface area contributed by atoms with Crippen LogP contribution in [0.5, 0.6) is 0 Å². The van der Waals surface area contributed by atoms with E-state index < -0.39 is 6.03 Å². The van der Waals surface area contributed by atoms with Crippen molar-refractivity contribution in [2.24, 2.45) is 0 Å². The number of hydrogen-bond donors (Lipinski definition) is 2. The number of rotatable bonds is 7. The molecule has 0 aliphatic carbocycles. The highest BCUT2D eigenvalue weighted by Crippen LogP contribution is 2.14. The van der Waals surface area contributed by atoms with Crippen molar-refractivity contribution in [3.63, 3.8) is 0 Å². The first kappa shape index (κ1) is 17.3. The predicted octanol–water partition coefficient (Wildman–Crippen LogP) is 2.12. The number of ether oxygens (including phenoxy) is 1. The molecule has 0 fully saturated rings. The molecule has 21 heavy (non-hydrogen) atoms. The van der Waals surface area contributed by atoms with E-state index in [0.717, 1.165) is 0 Å². The summed E-state index contributed by atoms with van der Waals surface area (Å²) in [5, 5.41) is 12.2. The van der Waals surface area contributed by atoms with Crippen LogP contribution in [0.2, 0.25) is 5.02 Å². The third-order valence-corrected chi connectivity index (χ3v) is 2.90. The van der Waals surface area contributed by atoms with E-state index in [1.807, 2.05) is 0 Å². The number of carbonyl (C=O) groups is 2. The molecule has 0 aromatic heterocycles. The molecule has 116 valence electrons. The summed E-state index contributed by atoms with van der Waals surface area (Å²) in [5.41, 5.74) is 0.587. The quantitative estimate of drug-likeness (QED) is 0.756. The molecule has 7 heteroatoms. The molecule has 6 nitrogen and oxygen atoms in total. The Balaban J connectivity index is 2.55. The second kappa shape index (κ2) is 9.20. The van der Waals surface area contributed by atoms with Gasteiger partial charge in [0.25, 0.3) is 0 Å². The molecule has 0 saturated heterocycles. The van der Waals surface area contributed by atoms with Crippen molar-refractivity contribution in [2.75, 3.05) is 31.6 Å². The number of nitrogens with one attached hydrogen (secondary N) is 1. The number of urea groups is 1. The number of halogens is 1. The first-order chi connectivity index (χ1) is 10.1. The fraction of sp³-hybridized carbons (Fsp3) is 0.429. The number of aliphatic hydroxyl groups excluding tert-OH is 1. The first-order valence-corrected chi connectivity index (χ1v) is 7.02. The van der Waals surface area contributed by atoms with Gasteiger partial charge in [-0.05, 0) is 31.2 Å². The van der Waals surface area contributed by atoms with Crippen molar-refractivity contribution in [3.05, 3.63) is 29.3 Å². The number of benzene rings is 1. The number of hydrogen-bond acceptors (Lipinski definition) is 4. The summed E-state index contributed by atoms with van der Waals surface area (Å²) >= 11 is 5.77. The zero-order valence-corrected chi connectivity index (χ0v) is 12.6. The normalized spacial score (nSPS) is 10.0. The summed E-state index contributed by atoms with van der Waals surface area (Å²) in [4.78, 5) is 24.7. The van der Waals surface area contributed by atoms with Crippen molar-refractivity contribution in [3.8, 4) is 0 Å². The standard InChI is InChI=1S/C14H19ClN2O4/c1-2-21-13(19)7-8-17(9-10-18)14(20)16-12-5-3-11(15)4-6-12/h3-6,18H,2,7-10H2,1H3,(H,16,20). The van der Waals surface area contributed by atoms with Gasteiger partial charge in [0, 0.05) is 23.8 Å². The average Bonchev–Trinajstić information content (AvgIpc) is 2.46. The number of amides is 2. The second-order valence-corrected chi connectivity index (χ2v) is 4.64. The maximum Gasteiger partial charge on any atom is 0.321 e. The molecule has 0 bridgehead atoms. The van der Waals surface area contributed by atoms with Gasteiger partial charge in [-0.25, -0.2) is 4.79 Å². The molecule has 1 aromatic carbocycles. The Morgan fingerprint density at radius 2 is 1.95 bits per heavy atom. The lowest BCUT2D eigenvalue weighted by Gasteiger charge is -2.21. The molecule has 1 aromatic rings. The molecule has 0 aliphatic rings. The van der Waals surface area contributed by atoms with Crippen molar-refractivity contribution >= 4 is 29.3 Å². The lowest BCUT2D eigenvalue weighted by molar-refractivity contribution is -0.143. The summed E-state index contributed by atoms with van der Waals surface area (Å²) in [6, 6.07) is 6.26. The molecule has 0 heterocycles. The molecule has 2 N–H and O–H groups in total. The number of anilines is 1. The predicted molar refractivity (Wildman–Crippen MR) is 80.4 cm³/mol. The maximum absolute atomic E-state index is 12.1. The SMILES string of the molecule is CCOC(=O)CCN(CCO)C(=O)Nc1ccc(Cl)cc1. The van der Waals surface area contributed by atoms with E-state index in [-0.39, 0.29) is 32.1 Å². The van der Waals surface area contributed by atoms with Gasteiger partial charge in [-0.3, -0.25) is 4.79 Å². The molecule has 0 radical (unpaired) electrons. The van der Waals surface area contributed by atoms with Crippen molar-refractivity contribution in [1.29, 1.82) is 0 Å². The molecule has 0 aliphatic heterocycles. The molecule has 0 spiro atoms. The van der Waals surface area contributed by atoms with Crippen LogP contribution in [0.1, 0.15) is 13.3 Å². The minimum absolute atomic E-state index is 0.0852. The van der Waals surface area contributed by atoms with E-state index in [4.69, 9.17) is 21.4 Å². The third-order valence-electron chi connectivity index (χ3n) is 2.64. The first-order valence-electron chi connectivity index (χ1n) is 6.64. The van der Waals surface area contributed by atoms with E-state index in [1.54, 1.807) is 31.2 Å². The molecule has 2 amide bonds. The lowest BCUT2D eigenvalue weighted by atomic mass is 10.3. The Morgan fingerprint density at radius 3 is 2.52 bits per heavy atom. The van der Waals surface area contributed by atoms with Gasteiger partial charge < -0.3 is 20.1 Å². The van der Waals surface area contributed by atoms with Crippen LogP contribution in [0.4, 0.5) is 10.5 Å². The highest BCUT2D eigenvalue weighted by molar-refractivity contribution is 6.30. The minimum Gasteiger partial charge on any atom is -0.466 e. The molecule has 0 unspecified atom stereocenters. The fourth-order valence-corrected chi connectivity index (χ4v) is 1.76. The minimum atomic E-state index is -0.393. The highest BCUT2D eigenvalue weighted by atomic mass is 35.5. The van der Waals surface area contributed by atoms with Gasteiger partial charge >= 0.3 is 12.0 Å². The van der Waals surface area contributed by atoms with Gasteiger partial charge in [0.05, 0.1) is 19.6 Å².